The standard InChI is InChI=1S/C20H28N2O6/c1-5-6-11-20(18(25)26)13(3)21-12(2)19(4,17(23)24)16(20)14-9-7-8-10-15(14)22(27)28/h7-10,12-13,16,21H,5-6,11H2,1-4H3,(H,23,24)(H,25,26). The van der Waals surface area contributed by atoms with E-state index in [9.17, 15) is 29.9 Å². The molecule has 1 aliphatic heterocycles. The second-order valence-electron chi connectivity index (χ2n) is 7.90. The summed E-state index contributed by atoms with van der Waals surface area (Å²) in [6, 6.07) is 4.75. The van der Waals surface area contributed by atoms with Crippen LogP contribution in [0.1, 0.15) is 58.4 Å². The number of carboxylic acid groups (broad SMARTS) is 2. The minimum atomic E-state index is -1.55. The molecule has 0 bridgehead atoms. The fourth-order valence-corrected chi connectivity index (χ4v) is 4.78. The Hall–Kier alpha value is -2.48. The van der Waals surface area contributed by atoms with Crippen molar-refractivity contribution in [2.45, 2.75) is 65.0 Å². The van der Waals surface area contributed by atoms with Gasteiger partial charge in [0, 0.05) is 29.6 Å². The predicted molar refractivity (Wildman–Crippen MR) is 103 cm³/mol. The van der Waals surface area contributed by atoms with Crippen LogP contribution in [0.15, 0.2) is 24.3 Å². The van der Waals surface area contributed by atoms with Gasteiger partial charge in [0.1, 0.15) is 0 Å². The van der Waals surface area contributed by atoms with Crippen LogP contribution in [0.5, 0.6) is 0 Å². The van der Waals surface area contributed by atoms with Crippen LogP contribution in [0.25, 0.3) is 0 Å². The third-order valence-corrected chi connectivity index (χ3v) is 6.53. The third kappa shape index (κ3) is 3.15. The number of nitrogens with one attached hydrogen (secondary N) is 1. The molecule has 28 heavy (non-hydrogen) atoms. The lowest BCUT2D eigenvalue weighted by Gasteiger charge is -2.56. The highest BCUT2D eigenvalue weighted by molar-refractivity contribution is 5.84. The molecule has 1 aromatic rings. The van der Waals surface area contributed by atoms with E-state index in [2.05, 4.69) is 5.32 Å². The zero-order valence-electron chi connectivity index (χ0n) is 16.6. The maximum atomic E-state index is 12.7. The summed E-state index contributed by atoms with van der Waals surface area (Å²) < 4.78 is 0. The van der Waals surface area contributed by atoms with Crippen LogP contribution in [0, 0.1) is 20.9 Å². The van der Waals surface area contributed by atoms with E-state index in [0.29, 0.717) is 6.42 Å². The Bertz CT molecular complexity index is 782. The molecular weight excluding hydrogens is 364 g/mol. The van der Waals surface area contributed by atoms with Crippen LogP contribution < -0.4 is 5.32 Å². The molecule has 5 unspecified atom stereocenters. The number of para-hydroxylation sites is 1. The van der Waals surface area contributed by atoms with E-state index >= 15 is 0 Å². The molecule has 3 N–H and O–H groups in total. The van der Waals surface area contributed by atoms with Crippen molar-refractivity contribution in [2.75, 3.05) is 0 Å². The van der Waals surface area contributed by atoms with Gasteiger partial charge in [0.05, 0.1) is 15.8 Å². The summed E-state index contributed by atoms with van der Waals surface area (Å²) in [5, 5.41) is 35.3. The number of hydrogen-bond donors (Lipinski definition) is 3. The van der Waals surface area contributed by atoms with Crippen LogP contribution in [-0.2, 0) is 9.59 Å². The van der Waals surface area contributed by atoms with Crippen molar-refractivity contribution < 1.29 is 24.7 Å². The normalized spacial score (nSPS) is 32.6. The van der Waals surface area contributed by atoms with Crippen molar-refractivity contribution >= 4 is 17.6 Å². The first-order chi connectivity index (χ1) is 13.0. The average Bonchev–Trinajstić information content (AvgIpc) is 2.63. The molecule has 0 amide bonds. The average molecular weight is 392 g/mol. The fraction of sp³-hybridized carbons (Fsp3) is 0.600. The Morgan fingerprint density at radius 2 is 1.79 bits per heavy atom. The number of piperidine rings is 1. The van der Waals surface area contributed by atoms with Crippen molar-refractivity contribution in [3.05, 3.63) is 39.9 Å². The molecule has 0 aliphatic carbocycles. The summed E-state index contributed by atoms with van der Waals surface area (Å²) in [5.41, 5.74) is -3.13. The van der Waals surface area contributed by atoms with Gasteiger partial charge in [0.15, 0.2) is 0 Å². The Morgan fingerprint density at radius 1 is 1.18 bits per heavy atom. The smallest absolute Gasteiger partial charge is 0.311 e. The van der Waals surface area contributed by atoms with Crippen LogP contribution in [-0.4, -0.2) is 39.2 Å². The second-order valence-corrected chi connectivity index (χ2v) is 7.90. The van der Waals surface area contributed by atoms with Crippen molar-refractivity contribution in [3.8, 4) is 0 Å². The summed E-state index contributed by atoms with van der Waals surface area (Å²) in [6.45, 7) is 6.83. The zero-order chi connectivity index (χ0) is 21.3. The first-order valence-electron chi connectivity index (χ1n) is 9.51. The molecule has 2 rings (SSSR count). The molecule has 5 atom stereocenters. The summed E-state index contributed by atoms with van der Waals surface area (Å²) >= 11 is 0. The number of nitro benzene ring substituents is 1. The number of hydrogen-bond acceptors (Lipinski definition) is 5. The molecule has 0 spiro atoms. The predicted octanol–water partition coefficient (Wildman–Crippen LogP) is 3.41. The third-order valence-electron chi connectivity index (χ3n) is 6.53. The summed E-state index contributed by atoms with van der Waals surface area (Å²) in [5.74, 6) is -3.39. The molecule has 0 saturated carbocycles. The Kier molecular flexibility index (Phi) is 6.13. The van der Waals surface area contributed by atoms with Gasteiger partial charge in [-0.05, 0) is 27.2 Å². The van der Waals surface area contributed by atoms with Crippen molar-refractivity contribution in [3.63, 3.8) is 0 Å². The van der Waals surface area contributed by atoms with Gasteiger partial charge in [0.2, 0.25) is 0 Å². The van der Waals surface area contributed by atoms with E-state index in [-0.39, 0.29) is 17.7 Å². The van der Waals surface area contributed by atoms with E-state index in [0.717, 1.165) is 6.42 Å². The van der Waals surface area contributed by atoms with E-state index in [1.54, 1.807) is 19.9 Å². The molecule has 8 nitrogen and oxygen atoms in total. The van der Waals surface area contributed by atoms with Crippen molar-refractivity contribution in [1.82, 2.24) is 5.32 Å². The summed E-state index contributed by atoms with van der Waals surface area (Å²) in [4.78, 5) is 36.2. The Balaban J connectivity index is 2.91. The summed E-state index contributed by atoms with van der Waals surface area (Å²) in [7, 11) is 0. The lowest BCUT2D eigenvalue weighted by atomic mass is 9.51. The van der Waals surface area contributed by atoms with E-state index in [4.69, 9.17) is 0 Å². The molecule has 1 aromatic carbocycles. The number of rotatable bonds is 7. The van der Waals surface area contributed by atoms with Gasteiger partial charge in [0.25, 0.3) is 5.69 Å². The summed E-state index contributed by atoms with van der Waals surface area (Å²) in [6.07, 6.45) is 1.52. The molecule has 0 radical (unpaired) electrons. The SMILES string of the molecule is CCCCC1(C(=O)O)C(C)NC(C)C(C)(C(=O)O)C1c1ccccc1[N+](=O)[O-]. The zero-order valence-corrected chi connectivity index (χ0v) is 16.6. The maximum absolute atomic E-state index is 12.7. The quantitative estimate of drug-likeness (QED) is 0.479. The van der Waals surface area contributed by atoms with Gasteiger partial charge >= 0.3 is 11.9 Å². The van der Waals surface area contributed by atoms with Crippen molar-refractivity contribution in [1.29, 1.82) is 0 Å². The van der Waals surface area contributed by atoms with Gasteiger partial charge in [-0.2, -0.15) is 0 Å². The number of carbonyl (C=O) groups is 2. The molecule has 0 aromatic heterocycles. The molecule has 1 saturated heterocycles. The van der Waals surface area contributed by atoms with Crippen LogP contribution in [0.2, 0.25) is 0 Å². The van der Waals surface area contributed by atoms with Crippen molar-refractivity contribution in [2.24, 2.45) is 10.8 Å². The Morgan fingerprint density at radius 3 is 2.29 bits per heavy atom. The molecule has 154 valence electrons. The van der Waals surface area contributed by atoms with Crippen LogP contribution in [0.4, 0.5) is 5.69 Å². The van der Waals surface area contributed by atoms with Gasteiger partial charge in [-0.25, -0.2) is 0 Å². The highest BCUT2D eigenvalue weighted by Crippen LogP contribution is 2.58. The van der Waals surface area contributed by atoms with Crippen LogP contribution >= 0.6 is 0 Å². The number of carboxylic acids is 2. The van der Waals surface area contributed by atoms with Gasteiger partial charge in [-0.1, -0.05) is 38.0 Å². The number of aliphatic carboxylic acids is 2. The fourth-order valence-electron chi connectivity index (χ4n) is 4.78. The molecular formula is C20H28N2O6. The number of nitro groups is 1. The highest BCUT2D eigenvalue weighted by atomic mass is 16.6. The highest BCUT2D eigenvalue weighted by Gasteiger charge is 2.65. The molecule has 1 fully saturated rings. The maximum Gasteiger partial charge on any atom is 0.311 e. The van der Waals surface area contributed by atoms with Gasteiger partial charge in [-0.3, -0.25) is 19.7 Å². The van der Waals surface area contributed by atoms with E-state index < -0.39 is 45.7 Å². The topological polar surface area (TPSA) is 130 Å². The van der Waals surface area contributed by atoms with E-state index in [1.165, 1.54) is 25.1 Å². The minimum Gasteiger partial charge on any atom is -0.481 e. The molecule has 1 aliphatic rings. The van der Waals surface area contributed by atoms with E-state index in [1.807, 2.05) is 6.92 Å². The van der Waals surface area contributed by atoms with Gasteiger partial charge in [-0.15, -0.1) is 0 Å². The first kappa shape index (κ1) is 21.8. The molecule has 1 heterocycles. The monoisotopic (exact) mass is 392 g/mol. The second kappa shape index (κ2) is 7.87. The minimum absolute atomic E-state index is 0.163. The molecule has 8 heteroatoms. The largest absolute Gasteiger partial charge is 0.481 e. The first-order valence-corrected chi connectivity index (χ1v) is 9.51. The van der Waals surface area contributed by atoms with Crippen LogP contribution in [0.3, 0.4) is 0 Å². The lowest BCUT2D eigenvalue weighted by Crippen LogP contribution is -2.68. The van der Waals surface area contributed by atoms with Gasteiger partial charge < -0.3 is 15.5 Å². The number of unbranched alkanes of at least 4 members (excludes halogenated alkanes) is 1. The lowest BCUT2D eigenvalue weighted by molar-refractivity contribution is -0.386. The number of nitrogens with zero attached hydrogens (tertiary/aromatic N) is 1. The number of benzene rings is 1. The Labute approximate surface area is 164 Å².